The molecule has 0 radical (unpaired) electrons. The van der Waals surface area contributed by atoms with Gasteiger partial charge in [-0.3, -0.25) is 9.97 Å². The van der Waals surface area contributed by atoms with Crippen LogP contribution in [0.4, 0.5) is 0 Å². The molecule has 0 saturated carbocycles. The fraction of sp³-hybridized carbons (Fsp3) is 0.0250. The summed E-state index contributed by atoms with van der Waals surface area (Å²) in [6.45, 7) is 6.40. The fourth-order valence-electron chi connectivity index (χ4n) is 5.62. The number of hydrogen-bond donors (Lipinski definition) is 0. The van der Waals surface area contributed by atoms with Gasteiger partial charge in [-0.25, -0.2) is 4.98 Å². The summed E-state index contributed by atoms with van der Waals surface area (Å²) in [6.07, 6.45) is 7.72. The maximum atomic E-state index is 4.93. The molecular formula is C40H29N3. The minimum atomic E-state index is 0.819. The van der Waals surface area contributed by atoms with Gasteiger partial charge in [-0.2, -0.15) is 0 Å². The van der Waals surface area contributed by atoms with E-state index in [2.05, 4.69) is 108 Å². The third-order valence-electron chi connectivity index (χ3n) is 7.76. The zero-order valence-electron chi connectivity index (χ0n) is 23.9. The van der Waals surface area contributed by atoms with Crippen molar-refractivity contribution in [2.24, 2.45) is 0 Å². The second-order valence-corrected chi connectivity index (χ2v) is 10.6. The van der Waals surface area contributed by atoms with Gasteiger partial charge in [0.2, 0.25) is 0 Å². The summed E-state index contributed by atoms with van der Waals surface area (Å²) in [5.41, 5.74) is 9.99. The predicted octanol–water partition coefficient (Wildman–Crippen LogP) is 10.4. The molecule has 0 saturated heterocycles. The van der Waals surface area contributed by atoms with Crippen molar-refractivity contribution in [3.05, 3.63) is 158 Å². The SMILES string of the molecule is C=C(/C=C\C)c1cc2ccccc2cc1-c1ccc2cc(-c3cc(-c4ccccn4)nc(-c4ccccn4)c3)ccc2c1. The summed E-state index contributed by atoms with van der Waals surface area (Å²) in [7, 11) is 0. The second kappa shape index (κ2) is 11.3. The first kappa shape index (κ1) is 26.2. The van der Waals surface area contributed by atoms with E-state index in [1.807, 2.05) is 49.4 Å². The quantitative estimate of drug-likeness (QED) is 0.193. The summed E-state index contributed by atoms with van der Waals surface area (Å²) in [6, 6.07) is 42.4. The van der Waals surface area contributed by atoms with Crippen LogP contribution in [0.2, 0.25) is 0 Å². The summed E-state index contributed by atoms with van der Waals surface area (Å²) >= 11 is 0. The van der Waals surface area contributed by atoms with Crippen molar-refractivity contribution >= 4 is 27.1 Å². The fourth-order valence-corrected chi connectivity index (χ4v) is 5.62. The van der Waals surface area contributed by atoms with Crippen LogP contribution in [0.25, 0.3) is 72.1 Å². The molecule has 0 atom stereocenters. The molecule has 0 aliphatic rings. The molecule has 0 bridgehead atoms. The van der Waals surface area contributed by atoms with E-state index in [1.165, 1.54) is 32.7 Å². The maximum absolute atomic E-state index is 4.93. The minimum Gasteiger partial charge on any atom is -0.255 e. The van der Waals surface area contributed by atoms with Crippen molar-refractivity contribution in [3.8, 4) is 45.0 Å². The third kappa shape index (κ3) is 5.25. The highest BCUT2D eigenvalue weighted by atomic mass is 14.8. The molecule has 0 unspecified atom stereocenters. The van der Waals surface area contributed by atoms with E-state index in [0.717, 1.165) is 45.0 Å². The third-order valence-corrected chi connectivity index (χ3v) is 7.76. The lowest BCUT2D eigenvalue weighted by Crippen LogP contribution is -1.94. The zero-order valence-corrected chi connectivity index (χ0v) is 23.9. The van der Waals surface area contributed by atoms with Crippen LogP contribution in [-0.4, -0.2) is 15.0 Å². The van der Waals surface area contributed by atoms with Gasteiger partial charge in [-0.1, -0.05) is 79.4 Å². The van der Waals surface area contributed by atoms with E-state index in [9.17, 15) is 0 Å². The average Bonchev–Trinajstić information content (AvgIpc) is 3.08. The zero-order chi connectivity index (χ0) is 29.2. The highest BCUT2D eigenvalue weighted by molar-refractivity contribution is 5.98. The Morgan fingerprint density at radius 3 is 1.70 bits per heavy atom. The summed E-state index contributed by atoms with van der Waals surface area (Å²) < 4.78 is 0. The van der Waals surface area contributed by atoms with Crippen LogP contribution in [-0.2, 0) is 0 Å². The molecule has 0 N–H and O–H groups in total. The lowest BCUT2D eigenvalue weighted by atomic mass is 9.90. The van der Waals surface area contributed by atoms with E-state index < -0.39 is 0 Å². The smallest absolute Gasteiger partial charge is 0.0900 e. The normalized spacial score (nSPS) is 11.4. The van der Waals surface area contributed by atoms with Crippen LogP contribution in [0.5, 0.6) is 0 Å². The Labute approximate surface area is 251 Å². The molecule has 204 valence electrons. The van der Waals surface area contributed by atoms with Crippen LogP contribution >= 0.6 is 0 Å². The molecule has 0 spiro atoms. The standard InChI is InChI=1S/C40H29N3/c1-3-10-27(2)35-23-28-11-4-5-12-29(28)24-36(35)33-18-17-30-21-32(16-15-31(30)22-33)34-25-39(37-13-6-8-19-41-37)43-40(26-34)38-14-7-9-20-42-38/h3-26H,2H2,1H3/b10-3-. The molecule has 0 fully saturated rings. The van der Waals surface area contributed by atoms with Crippen molar-refractivity contribution in [1.82, 2.24) is 15.0 Å². The Hall–Kier alpha value is -5.67. The Bertz CT molecular complexity index is 2090. The van der Waals surface area contributed by atoms with Gasteiger partial charge < -0.3 is 0 Å². The lowest BCUT2D eigenvalue weighted by Gasteiger charge is -2.14. The van der Waals surface area contributed by atoms with E-state index in [1.54, 1.807) is 12.4 Å². The molecule has 43 heavy (non-hydrogen) atoms. The molecule has 7 rings (SSSR count). The van der Waals surface area contributed by atoms with Gasteiger partial charge >= 0.3 is 0 Å². The van der Waals surface area contributed by atoms with Crippen molar-refractivity contribution < 1.29 is 0 Å². The van der Waals surface area contributed by atoms with Gasteiger partial charge in [0.1, 0.15) is 0 Å². The Balaban J connectivity index is 1.33. The average molecular weight is 552 g/mol. The van der Waals surface area contributed by atoms with Crippen molar-refractivity contribution in [3.63, 3.8) is 0 Å². The van der Waals surface area contributed by atoms with Gasteiger partial charge in [0, 0.05) is 12.4 Å². The van der Waals surface area contributed by atoms with E-state index in [0.29, 0.717) is 0 Å². The van der Waals surface area contributed by atoms with Gasteiger partial charge in [-0.05, 0) is 123 Å². The predicted molar refractivity (Wildman–Crippen MR) is 180 cm³/mol. The molecule has 3 nitrogen and oxygen atoms in total. The number of rotatable bonds is 6. The van der Waals surface area contributed by atoms with E-state index in [4.69, 9.17) is 4.98 Å². The first-order valence-electron chi connectivity index (χ1n) is 14.4. The van der Waals surface area contributed by atoms with Gasteiger partial charge in [0.15, 0.2) is 0 Å². The second-order valence-electron chi connectivity index (χ2n) is 10.6. The first-order valence-corrected chi connectivity index (χ1v) is 14.4. The topological polar surface area (TPSA) is 38.7 Å². The maximum Gasteiger partial charge on any atom is 0.0900 e. The number of hydrogen-bond acceptors (Lipinski definition) is 3. The Kier molecular flexibility index (Phi) is 6.90. The molecule has 3 aromatic heterocycles. The van der Waals surface area contributed by atoms with Crippen LogP contribution in [0.3, 0.4) is 0 Å². The number of fused-ring (bicyclic) bond motifs is 2. The molecule has 3 heteroatoms. The molecule has 4 aromatic carbocycles. The van der Waals surface area contributed by atoms with E-state index in [-0.39, 0.29) is 0 Å². The van der Waals surface area contributed by atoms with Gasteiger partial charge in [-0.15, -0.1) is 0 Å². The highest BCUT2D eigenvalue weighted by Gasteiger charge is 2.13. The monoisotopic (exact) mass is 551 g/mol. The highest BCUT2D eigenvalue weighted by Crippen LogP contribution is 2.36. The number of benzene rings is 4. The van der Waals surface area contributed by atoms with Crippen LogP contribution in [0.1, 0.15) is 12.5 Å². The molecule has 0 aliphatic heterocycles. The minimum absolute atomic E-state index is 0.819. The number of allylic oxidation sites excluding steroid dienone is 3. The Morgan fingerprint density at radius 2 is 1.09 bits per heavy atom. The van der Waals surface area contributed by atoms with Crippen molar-refractivity contribution in [2.75, 3.05) is 0 Å². The van der Waals surface area contributed by atoms with Gasteiger partial charge in [0.25, 0.3) is 0 Å². The van der Waals surface area contributed by atoms with Crippen LogP contribution in [0.15, 0.2) is 152 Å². The largest absolute Gasteiger partial charge is 0.255 e. The number of nitrogens with zero attached hydrogens (tertiary/aromatic N) is 3. The molecular weight excluding hydrogens is 522 g/mol. The van der Waals surface area contributed by atoms with Gasteiger partial charge in [0.05, 0.1) is 22.8 Å². The lowest BCUT2D eigenvalue weighted by molar-refractivity contribution is 1.22. The van der Waals surface area contributed by atoms with Crippen LogP contribution < -0.4 is 0 Å². The van der Waals surface area contributed by atoms with Crippen LogP contribution in [0, 0.1) is 0 Å². The molecule has 3 heterocycles. The number of pyridine rings is 3. The summed E-state index contributed by atoms with van der Waals surface area (Å²) in [5.74, 6) is 0. The first-order chi connectivity index (χ1) is 21.2. The van der Waals surface area contributed by atoms with Crippen molar-refractivity contribution in [2.45, 2.75) is 6.92 Å². The summed E-state index contributed by atoms with van der Waals surface area (Å²) in [5, 5.41) is 4.78. The Morgan fingerprint density at radius 1 is 0.535 bits per heavy atom. The number of aromatic nitrogens is 3. The van der Waals surface area contributed by atoms with E-state index >= 15 is 0 Å². The molecule has 7 aromatic rings. The van der Waals surface area contributed by atoms with Crippen molar-refractivity contribution in [1.29, 1.82) is 0 Å². The molecule has 0 amide bonds. The molecule has 0 aliphatic carbocycles. The summed E-state index contributed by atoms with van der Waals surface area (Å²) in [4.78, 5) is 14.1.